The molecule has 2 aliphatic rings. The van der Waals surface area contributed by atoms with Crippen molar-refractivity contribution in [2.45, 2.75) is 12.5 Å². The maximum Gasteiger partial charge on any atom is 0.248 e. The molecule has 3 rings (SSSR count). The van der Waals surface area contributed by atoms with Gasteiger partial charge in [-0.15, -0.1) is 0 Å². The summed E-state index contributed by atoms with van der Waals surface area (Å²) in [4.78, 5) is 24.3. The first-order valence-electron chi connectivity index (χ1n) is 4.49. The Labute approximate surface area is 80.5 Å². The number of nitrogens with zero attached hydrogens (tertiary/aromatic N) is 1. The molecule has 1 atom stereocenters. The van der Waals surface area contributed by atoms with Gasteiger partial charge in [0.25, 0.3) is 0 Å². The number of para-hydroxylation sites is 2. The molecule has 0 radical (unpaired) electrons. The van der Waals surface area contributed by atoms with Crippen molar-refractivity contribution in [2.24, 2.45) is 0 Å². The van der Waals surface area contributed by atoms with Gasteiger partial charge in [-0.1, -0.05) is 12.1 Å². The van der Waals surface area contributed by atoms with Crippen LogP contribution in [0.15, 0.2) is 24.3 Å². The number of hydrogen-bond donors (Lipinski definition) is 1. The SMILES string of the molecule is O=C1Nc2ccccc2N2C(=O)C[C@H]12. The lowest BCUT2D eigenvalue weighted by Crippen LogP contribution is -2.61. The number of β-lactam (4-membered cyclic amide) rings is 1. The minimum Gasteiger partial charge on any atom is -0.322 e. The van der Waals surface area contributed by atoms with Crippen molar-refractivity contribution in [1.82, 2.24) is 0 Å². The molecule has 2 amide bonds. The van der Waals surface area contributed by atoms with Gasteiger partial charge in [0.2, 0.25) is 11.8 Å². The van der Waals surface area contributed by atoms with Gasteiger partial charge in [0.05, 0.1) is 17.8 Å². The first-order valence-corrected chi connectivity index (χ1v) is 4.49. The maximum atomic E-state index is 11.5. The zero-order chi connectivity index (χ0) is 9.71. The highest BCUT2D eigenvalue weighted by molar-refractivity contribution is 6.18. The number of hydrogen-bond acceptors (Lipinski definition) is 2. The van der Waals surface area contributed by atoms with E-state index in [0.29, 0.717) is 6.42 Å². The van der Waals surface area contributed by atoms with Crippen LogP contribution >= 0.6 is 0 Å². The Hall–Kier alpha value is -1.84. The average Bonchev–Trinajstić information content (AvgIpc) is 2.16. The first kappa shape index (κ1) is 7.55. The summed E-state index contributed by atoms with van der Waals surface area (Å²) in [6, 6.07) is 7.06. The molecule has 0 aromatic heterocycles. The number of rotatable bonds is 0. The summed E-state index contributed by atoms with van der Waals surface area (Å²) in [5.41, 5.74) is 1.54. The van der Waals surface area contributed by atoms with Gasteiger partial charge in [-0.3, -0.25) is 14.5 Å². The Morgan fingerprint density at radius 2 is 2.07 bits per heavy atom. The molecule has 1 N–H and O–H groups in total. The molecule has 4 heteroatoms. The zero-order valence-electron chi connectivity index (χ0n) is 7.36. The van der Waals surface area contributed by atoms with Crippen molar-refractivity contribution in [2.75, 3.05) is 10.2 Å². The number of nitrogens with one attached hydrogen (secondary N) is 1. The smallest absolute Gasteiger partial charge is 0.248 e. The molecule has 1 fully saturated rings. The van der Waals surface area contributed by atoms with E-state index in [9.17, 15) is 9.59 Å². The van der Waals surface area contributed by atoms with Crippen molar-refractivity contribution in [1.29, 1.82) is 0 Å². The maximum absolute atomic E-state index is 11.5. The molecule has 0 unspecified atom stereocenters. The molecule has 1 aromatic carbocycles. The summed E-state index contributed by atoms with van der Waals surface area (Å²) in [7, 11) is 0. The van der Waals surface area contributed by atoms with E-state index in [4.69, 9.17) is 0 Å². The van der Waals surface area contributed by atoms with Gasteiger partial charge in [-0.25, -0.2) is 0 Å². The van der Waals surface area contributed by atoms with Crippen LogP contribution in [0.2, 0.25) is 0 Å². The number of fused-ring (bicyclic) bond motifs is 3. The van der Waals surface area contributed by atoms with Crippen LogP contribution in [0, 0.1) is 0 Å². The topological polar surface area (TPSA) is 49.4 Å². The molecule has 0 bridgehead atoms. The Morgan fingerprint density at radius 3 is 2.86 bits per heavy atom. The Bertz CT molecular complexity index is 442. The van der Waals surface area contributed by atoms with Crippen LogP contribution < -0.4 is 10.2 Å². The largest absolute Gasteiger partial charge is 0.322 e. The number of amides is 2. The van der Waals surface area contributed by atoms with Gasteiger partial charge in [0.15, 0.2) is 0 Å². The Kier molecular flexibility index (Phi) is 1.27. The zero-order valence-corrected chi connectivity index (χ0v) is 7.36. The molecule has 4 nitrogen and oxygen atoms in total. The van der Waals surface area contributed by atoms with E-state index in [1.807, 2.05) is 18.2 Å². The van der Waals surface area contributed by atoms with Gasteiger partial charge in [0.1, 0.15) is 6.04 Å². The van der Waals surface area contributed by atoms with Crippen LogP contribution in [0.25, 0.3) is 0 Å². The Morgan fingerprint density at radius 1 is 1.29 bits per heavy atom. The monoisotopic (exact) mass is 188 g/mol. The summed E-state index contributed by atoms with van der Waals surface area (Å²) in [5, 5.41) is 2.78. The molecule has 0 saturated carbocycles. The Balaban J connectivity index is 2.15. The molecule has 70 valence electrons. The normalized spacial score (nSPS) is 23.4. The van der Waals surface area contributed by atoms with Crippen LogP contribution in [-0.2, 0) is 9.59 Å². The summed E-state index contributed by atoms with van der Waals surface area (Å²) in [5.74, 6) is -0.0550. The standard InChI is InChI=1S/C10H8N2O2/c13-9-5-8-10(14)11-6-3-1-2-4-7(6)12(8)9/h1-4,8H,5H2,(H,11,14)/t8-/m1/s1. The lowest BCUT2D eigenvalue weighted by Gasteiger charge is -2.43. The highest BCUT2D eigenvalue weighted by Crippen LogP contribution is 2.37. The van der Waals surface area contributed by atoms with E-state index < -0.39 is 0 Å². The summed E-state index contributed by atoms with van der Waals surface area (Å²) < 4.78 is 0. The molecular formula is C10H8N2O2. The second-order valence-corrected chi connectivity index (χ2v) is 3.49. The van der Waals surface area contributed by atoms with Gasteiger partial charge >= 0.3 is 0 Å². The fraction of sp³-hybridized carbons (Fsp3) is 0.200. The second kappa shape index (κ2) is 2.35. The highest BCUT2D eigenvalue weighted by atomic mass is 16.2. The molecule has 0 spiro atoms. The molecule has 2 heterocycles. The second-order valence-electron chi connectivity index (χ2n) is 3.49. The van der Waals surface area contributed by atoms with E-state index in [-0.39, 0.29) is 17.9 Å². The predicted molar refractivity (Wildman–Crippen MR) is 51.0 cm³/mol. The van der Waals surface area contributed by atoms with Crippen LogP contribution in [0.1, 0.15) is 6.42 Å². The molecule has 14 heavy (non-hydrogen) atoms. The van der Waals surface area contributed by atoms with Crippen LogP contribution in [-0.4, -0.2) is 17.9 Å². The lowest BCUT2D eigenvalue weighted by molar-refractivity contribution is -0.131. The van der Waals surface area contributed by atoms with E-state index in [1.54, 1.807) is 11.0 Å². The van der Waals surface area contributed by atoms with Crippen LogP contribution in [0.3, 0.4) is 0 Å². The van der Waals surface area contributed by atoms with E-state index >= 15 is 0 Å². The molecule has 0 aliphatic carbocycles. The average molecular weight is 188 g/mol. The van der Waals surface area contributed by atoms with Gasteiger partial charge < -0.3 is 5.32 Å². The molecular weight excluding hydrogens is 180 g/mol. The van der Waals surface area contributed by atoms with Crippen molar-refractivity contribution in [3.05, 3.63) is 24.3 Å². The van der Waals surface area contributed by atoms with Crippen molar-refractivity contribution >= 4 is 23.2 Å². The van der Waals surface area contributed by atoms with Gasteiger partial charge in [-0.2, -0.15) is 0 Å². The van der Waals surface area contributed by atoms with Crippen molar-refractivity contribution in [3.8, 4) is 0 Å². The number of carbonyl (C=O) groups excluding carboxylic acids is 2. The minimum atomic E-state index is -0.280. The van der Waals surface area contributed by atoms with Crippen LogP contribution in [0.4, 0.5) is 11.4 Å². The molecule has 2 aliphatic heterocycles. The van der Waals surface area contributed by atoms with E-state index in [0.717, 1.165) is 11.4 Å². The third kappa shape index (κ3) is 0.775. The third-order valence-electron chi connectivity index (χ3n) is 2.67. The van der Waals surface area contributed by atoms with Gasteiger partial charge in [0, 0.05) is 0 Å². The molecule has 1 aromatic rings. The van der Waals surface area contributed by atoms with Gasteiger partial charge in [-0.05, 0) is 12.1 Å². The predicted octanol–water partition coefficient (Wildman–Crippen LogP) is 0.744. The van der Waals surface area contributed by atoms with E-state index in [1.165, 1.54) is 0 Å². The quantitative estimate of drug-likeness (QED) is 0.610. The first-order chi connectivity index (χ1) is 6.77. The van der Waals surface area contributed by atoms with Crippen LogP contribution in [0.5, 0.6) is 0 Å². The van der Waals surface area contributed by atoms with Crippen molar-refractivity contribution < 1.29 is 9.59 Å². The summed E-state index contributed by atoms with van der Waals surface area (Å²) in [6.07, 6.45) is 0.333. The summed E-state index contributed by atoms with van der Waals surface area (Å²) >= 11 is 0. The van der Waals surface area contributed by atoms with Crippen molar-refractivity contribution in [3.63, 3.8) is 0 Å². The lowest BCUT2D eigenvalue weighted by atomic mass is 9.96. The minimum absolute atomic E-state index is 0.0253. The third-order valence-corrected chi connectivity index (χ3v) is 2.67. The number of benzene rings is 1. The fourth-order valence-electron chi connectivity index (χ4n) is 1.93. The highest BCUT2D eigenvalue weighted by Gasteiger charge is 2.45. The molecule has 1 saturated heterocycles. The fourth-order valence-corrected chi connectivity index (χ4v) is 1.93. The summed E-state index contributed by atoms with van der Waals surface area (Å²) in [6.45, 7) is 0. The van der Waals surface area contributed by atoms with E-state index in [2.05, 4.69) is 5.32 Å². The number of anilines is 2. The number of carbonyl (C=O) groups is 2.